The standard InChI is InChI=1S/C20H7F9OS/c1-6(30)31-8-5-3-2-4-7(8)9-10(13(22)17(26)16(25)12(9)21)11-14(23)18(27)20(29)19(28)15(11)24/h2-5H,1H3. The molecule has 0 fully saturated rings. The van der Waals surface area contributed by atoms with Gasteiger partial charge in [0.05, 0.1) is 5.56 Å². The number of rotatable bonds is 3. The third kappa shape index (κ3) is 3.67. The van der Waals surface area contributed by atoms with Gasteiger partial charge in [0.15, 0.2) is 51.7 Å². The largest absolute Gasteiger partial charge is 0.287 e. The fourth-order valence-corrected chi connectivity index (χ4v) is 3.60. The van der Waals surface area contributed by atoms with Crippen LogP contribution in [-0.2, 0) is 4.79 Å². The summed E-state index contributed by atoms with van der Waals surface area (Å²) in [5.74, 6) is -22.2. The molecule has 0 amide bonds. The van der Waals surface area contributed by atoms with Crippen molar-refractivity contribution in [3.63, 3.8) is 0 Å². The van der Waals surface area contributed by atoms with Crippen molar-refractivity contribution in [2.45, 2.75) is 11.8 Å². The number of carbonyl (C=O) groups excluding carboxylic acids is 1. The molecule has 0 N–H and O–H groups in total. The number of hydrogen-bond acceptors (Lipinski definition) is 2. The number of carbonyl (C=O) groups is 1. The summed E-state index contributed by atoms with van der Waals surface area (Å²) in [5, 5.41) is -0.589. The molecule has 11 heteroatoms. The number of hydrogen-bond donors (Lipinski definition) is 0. The van der Waals surface area contributed by atoms with Crippen LogP contribution in [0.3, 0.4) is 0 Å². The maximum atomic E-state index is 14.8. The minimum Gasteiger partial charge on any atom is -0.287 e. The topological polar surface area (TPSA) is 17.1 Å². The van der Waals surface area contributed by atoms with E-state index in [2.05, 4.69) is 0 Å². The normalized spacial score (nSPS) is 11.2. The summed E-state index contributed by atoms with van der Waals surface area (Å²) in [6.07, 6.45) is 0. The van der Waals surface area contributed by atoms with Crippen LogP contribution in [0.15, 0.2) is 29.2 Å². The third-order valence-corrected chi connectivity index (χ3v) is 5.00. The van der Waals surface area contributed by atoms with Crippen molar-refractivity contribution in [3.8, 4) is 22.3 Å². The van der Waals surface area contributed by atoms with E-state index in [1.54, 1.807) is 0 Å². The molecule has 3 aromatic carbocycles. The molecule has 0 atom stereocenters. The number of halogens is 9. The Bertz CT molecular complexity index is 1210. The molecule has 0 spiro atoms. The first-order chi connectivity index (χ1) is 14.5. The first kappa shape index (κ1) is 22.7. The molecule has 0 saturated heterocycles. The summed E-state index contributed by atoms with van der Waals surface area (Å²) in [4.78, 5) is 11.3. The van der Waals surface area contributed by atoms with Gasteiger partial charge in [0.1, 0.15) is 0 Å². The predicted octanol–water partition coefficient (Wildman–Crippen LogP) is 6.91. The van der Waals surface area contributed by atoms with Gasteiger partial charge in [0, 0.05) is 22.9 Å². The molecule has 0 bridgehead atoms. The summed E-state index contributed by atoms with van der Waals surface area (Å²) in [6.45, 7) is 1.08. The van der Waals surface area contributed by atoms with Crippen molar-refractivity contribution in [1.29, 1.82) is 0 Å². The molecule has 1 nitrogen and oxygen atoms in total. The zero-order valence-corrected chi connectivity index (χ0v) is 15.8. The van der Waals surface area contributed by atoms with Crippen LogP contribution in [-0.4, -0.2) is 5.12 Å². The van der Waals surface area contributed by atoms with E-state index in [0.717, 1.165) is 13.0 Å². The Morgan fingerprint density at radius 1 is 0.581 bits per heavy atom. The lowest BCUT2D eigenvalue weighted by Gasteiger charge is -2.18. The Kier molecular flexibility index (Phi) is 6.08. The quantitative estimate of drug-likeness (QED) is 0.181. The molecule has 31 heavy (non-hydrogen) atoms. The third-order valence-electron chi connectivity index (χ3n) is 4.14. The van der Waals surface area contributed by atoms with Gasteiger partial charge in [-0.25, -0.2) is 39.5 Å². The van der Waals surface area contributed by atoms with Crippen LogP contribution >= 0.6 is 11.8 Å². The van der Waals surface area contributed by atoms with Crippen LogP contribution in [0.4, 0.5) is 39.5 Å². The van der Waals surface area contributed by atoms with E-state index in [1.807, 2.05) is 0 Å². The average Bonchev–Trinajstić information content (AvgIpc) is 2.73. The van der Waals surface area contributed by atoms with Crippen LogP contribution in [0.2, 0.25) is 0 Å². The van der Waals surface area contributed by atoms with Gasteiger partial charge in [-0.3, -0.25) is 4.79 Å². The molecule has 0 saturated carbocycles. The predicted molar refractivity (Wildman–Crippen MR) is 93.5 cm³/mol. The lowest BCUT2D eigenvalue weighted by atomic mass is 9.92. The lowest BCUT2D eigenvalue weighted by Crippen LogP contribution is -2.10. The van der Waals surface area contributed by atoms with Crippen molar-refractivity contribution in [2.24, 2.45) is 0 Å². The Morgan fingerprint density at radius 3 is 1.45 bits per heavy atom. The second-order valence-corrected chi connectivity index (χ2v) is 7.26. The molecule has 0 aliphatic heterocycles. The van der Waals surface area contributed by atoms with Crippen LogP contribution in [0.25, 0.3) is 22.3 Å². The average molecular weight is 466 g/mol. The van der Waals surface area contributed by atoms with Gasteiger partial charge in [-0.1, -0.05) is 30.0 Å². The SMILES string of the molecule is CC(=O)Sc1ccccc1-c1c(F)c(F)c(F)c(F)c1-c1c(F)c(F)c(F)c(F)c1F. The second-order valence-electron chi connectivity index (χ2n) is 6.04. The Balaban J connectivity index is 2.56. The summed E-state index contributed by atoms with van der Waals surface area (Å²) in [7, 11) is 0. The first-order valence-corrected chi connectivity index (χ1v) is 8.96. The van der Waals surface area contributed by atoms with Gasteiger partial charge < -0.3 is 0 Å². The molecule has 3 aromatic rings. The first-order valence-electron chi connectivity index (χ1n) is 8.14. The van der Waals surface area contributed by atoms with Crippen LogP contribution in [0, 0.1) is 52.4 Å². The van der Waals surface area contributed by atoms with Crippen LogP contribution < -0.4 is 0 Å². The molecule has 0 aliphatic carbocycles. The summed E-state index contributed by atoms with van der Waals surface area (Å²) < 4.78 is 127. The highest BCUT2D eigenvalue weighted by Gasteiger charge is 2.35. The van der Waals surface area contributed by atoms with E-state index in [1.165, 1.54) is 18.2 Å². The highest BCUT2D eigenvalue weighted by atomic mass is 32.2. The van der Waals surface area contributed by atoms with Gasteiger partial charge in [0.2, 0.25) is 5.82 Å². The smallest absolute Gasteiger partial charge is 0.200 e. The maximum absolute atomic E-state index is 14.8. The monoisotopic (exact) mass is 466 g/mol. The fourth-order valence-electron chi connectivity index (χ4n) is 2.86. The van der Waals surface area contributed by atoms with E-state index in [0.29, 0.717) is 11.8 Å². The highest BCUT2D eigenvalue weighted by Crippen LogP contribution is 2.45. The van der Waals surface area contributed by atoms with E-state index >= 15 is 0 Å². The second kappa shape index (κ2) is 8.29. The van der Waals surface area contributed by atoms with Crippen molar-refractivity contribution < 1.29 is 44.3 Å². The number of benzene rings is 3. The molecular weight excluding hydrogens is 459 g/mol. The number of thioether (sulfide) groups is 1. The summed E-state index contributed by atoms with van der Waals surface area (Å²) >= 11 is 0.426. The van der Waals surface area contributed by atoms with Crippen LogP contribution in [0.1, 0.15) is 6.92 Å². The Morgan fingerprint density at radius 2 is 0.968 bits per heavy atom. The highest BCUT2D eigenvalue weighted by molar-refractivity contribution is 8.13. The van der Waals surface area contributed by atoms with E-state index < -0.39 is 79.7 Å². The zero-order valence-electron chi connectivity index (χ0n) is 15.0. The van der Waals surface area contributed by atoms with Gasteiger partial charge in [-0.05, 0) is 11.6 Å². The minimum absolute atomic E-state index is 0.176. The molecule has 0 radical (unpaired) electrons. The molecule has 3 rings (SSSR count). The molecular formula is C20H7F9OS. The van der Waals surface area contributed by atoms with E-state index in [9.17, 15) is 44.3 Å². The van der Waals surface area contributed by atoms with Gasteiger partial charge in [-0.15, -0.1) is 0 Å². The van der Waals surface area contributed by atoms with Crippen molar-refractivity contribution in [1.82, 2.24) is 0 Å². The molecule has 0 unspecified atom stereocenters. The van der Waals surface area contributed by atoms with Crippen molar-refractivity contribution >= 4 is 16.9 Å². The molecule has 162 valence electrons. The Hall–Kier alpha value is -2.95. The fraction of sp³-hybridized carbons (Fsp3) is 0.0500. The van der Waals surface area contributed by atoms with E-state index in [-0.39, 0.29) is 4.90 Å². The van der Waals surface area contributed by atoms with Crippen molar-refractivity contribution in [2.75, 3.05) is 0 Å². The van der Waals surface area contributed by atoms with Gasteiger partial charge >= 0.3 is 0 Å². The van der Waals surface area contributed by atoms with Crippen LogP contribution in [0.5, 0.6) is 0 Å². The van der Waals surface area contributed by atoms with Gasteiger partial charge in [0.25, 0.3) is 0 Å². The summed E-state index contributed by atoms with van der Waals surface area (Å²) in [6, 6.07) is 4.64. The lowest BCUT2D eigenvalue weighted by molar-refractivity contribution is -0.109. The minimum atomic E-state index is -2.59. The van der Waals surface area contributed by atoms with E-state index in [4.69, 9.17) is 0 Å². The maximum Gasteiger partial charge on any atom is 0.200 e. The van der Waals surface area contributed by atoms with Crippen molar-refractivity contribution in [3.05, 3.63) is 76.6 Å². The zero-order chi connectivity index (χ0) is 23.2. The molecule has 0 aromatic heterocycles. The summed E-state index contributed by atoms with van der Waals surface area (Å²) in [5.41, 5.74) is -5.61. The Labute approximate surface area is 172 Å². The molecule has 0 aliphatic rings. The van der Waals surface area contributed by atoms with Gasteiger partial charge in [-0.2, -0.15) is 0 Å². The molecule has 0 heterocycles.